The van der Waals surface area contributed by atoms with Crippen LogP contribution >= 0.6 is 0 Å². The maximum atomic E-state index is 11.8. The first-order chi connectivity index (χ1) is 9.15. The van der Waals surface area contributed by atoms with E-state index < -0.39 is 10.0 Å². The third-order valence-electron chi connectivity index (χ3n) is 3.80. The van der Waals surface area contributed by atoms with Crippen LogP contribution in [0.4, 0.5) is 0 Å². The Hall–Kier alpha value is -1.07. The van der Waals surface area contributed by atoms with E-state index >= 15 is 0 Å². The summed E-state index contributed by atoms with van der Waals surface area (Å²) in [6.07, 6.45) is 3.39. The summed E-state index contributed by atoms with van der Waals surface area (Å²) in [4.78, 5) is 0. The minimum absolute atomic E-state index is 0.137. The molecular weight excluding hydrogens is 262 g/mol. The van der Waals surface area contributed by atoms with Crippen molar-refractivity contribution in [3.05, 3.63) is 29.8 Å². The molecule has 2 aliphatic rings. The van der Waals surface area contributed by atoms with Crippen molar-refractivity contribution < 1.29 is 13.2 Å². The summed E-state index contributed by atoms with van der Waals surface area (Å²) in [6.45, 7) is 1.18. The quantitative estimate of drug-likeness (QED) is 0.914. The van der Waals surface area contributed by atoms with E-state index in [-0.39, 0.29) is 5.25 Å². The zero-order valence-electron chi connectivity index (χ0n) is 10.8. The Balaban J connectivity index is 1.63. The average Bonchev–Trinajstić information content (AvgIpc) is 3.22. The maximum Gasteiger partial charge on any atom is 0.214 e. The fourth-order valence-corrected chi connectivity index (χ4v) is 3.93. The summed E-state index contributed by atoms with van der Waals surface area (Å²) in [5.41, 5.74) is 1.18. The van der Waals surface area contributed by atoms with Crippen LogP contribution in [0.5, 0.6) is 5.75 Å². The van der Waals surface area contributed by atoms with Crippen LogP contribution in [0.15, 0.2) is 24.3 Å². The largest absolute Gasteiger partial charge is 0.493 e. The highest BCUT2D eigenvalue weighted by atomic mass is 32.2. The lowest BCUT2D eigenvalue weighted by molar-refractivity contribution is 0.294. The van der Waals surface area contributed by atoms with Crippen molar-refractivity contribution >= 4 is 10.0 Å². The van der Waals surface area contributed by atoms with Gasteiger partial charge in [-0.2, -0.15) is 0 Å². The van der Waals surface area contributed by atoms with Gasteiger partial charge in [0.25, 0.3) is 0 Å². The summed E-state index contributed by atoms with van der Waals surface area (Å²) in [5, 5.41) is -0.137. The van der Waals surface area contributed by atoms with Gasteiger partial charge in [-0.15, -0.1) is 0 Å². The van der Waals surface area contributed by atoms with Crippen molar-refractivity contribution in [1.29, 1.82) is 0 Å². The number of fused-ring (bicyclic) bond motifs is 1. The molecule has 1 heterocycles. The SMILES string of the molecule is O=S(=O)(NCC1CCOc2ccccc2C1)C1CC1. The molecule has 1 N–H and O–H groups in total. The molecule has 1 aliphatic carbocycles. The van der Waals surface area contributed by atoms with E-state index in [2.05, 4.69) is 10.8 Å². The highest BCUT2D eigenvalue weighted by Gasteiger charge is 2.35. The number of ether oxygens (including phenoxy) is 1. The molecule has 1 aromatic carbocycles. The monoisotopic (exact) mass is 281 g/mol. The lowest BCUT2D eigenvalue weighted by Crippen LogP contribution is -2.32. The molecule has 1 atom stereocenters. The van der Waals surface area contributed by atoms with Crippen LogP contribution in [0.2, 0.25) is 0 Å². The lowest BCUT2D eigenvalue weighted by atomic mass is 9.97. The van der Waals surface area contributed by atoms with Gasteiger partial charge in [0.2, 0.25) is 10.0 Å². The van der Waals surface area contributed by atoms with Crippen LogP contribution in [0.25, 0.3) is 0 Å². The van der Waals surface area contributed by atoms with Crippen molar-refractivity contribution in [1.82, 2.24) is 4.72 Å². The minimum atomic E-state index is -3.07. The second-order valence-corrected chi connectivity index (χ2v) is 7.45. The van der Waals surface area contributed by atoms with E-state index in [4.69, 9.17) is 4.74 Å². The molecule has 1 fully saturated rings. The van der Waals surface area contributed by atoms with E-state index in [0.717, 1.165) is 31.4 Å². The number of hydrogen-bond donors (Lipinski definition) is 1. The third kappa shape index (κ3) is 3.09. The summed E-state index contributed by atoms with van der Waals surface area (Å²) in [7, 11) is -3.07. The molecule has 0 spiro atoms. The van der Waals surface area contributed by atoms with E-state index in [0.29, 0.717) is 19.1 Å². The van der Waals surface area contributed by atoms with Crippen molar-refractivity contribution in [3.63, 3.8) is 0 Å². The fourth-order valence-electron chi connectivity index (χ4n) is 2.47. The molecule has 4 nitrogen and oxygen atoms in total. The molecule has 1 aromatic rings. The number of nitrogens with one attached hydrogen (secondary N) is 1. The summed E-state index contributed by atoms with van der Waals surface area (Å²) in [5.74, 6) is 1.26. The van der Waals surface area contributed by atoms with Crippen molar-refractivity contribution in [2.45, 2.75) is 30.9 Å². The van der Waals surface area contributed by atoms with Crippen LogP contribution in [-0.2, 0) is 16.4 Å². The zero-order valence-corrected chi connectivity index (χ0v) is 11.7. The third-order valence-corrected chi connectivity index (χ3v) is 5.72. The van der Waals surface area contributed by atoms with Crippen LogP contribution in [0, 0.1) is 5.92 Å². The maximum absolute atomic E-state index is 11.8. The van der Waals surface area contributed by atoms with Gasteiger partial charge in [-0.25, -0.2) is 13.1 Å². The number of rotatable bonds is 4. The first kappa shape index (κ1) is 12.9. The van der Waals surface area contributed by atoms with E-state index in [9.17, 15) is 8.42 Å². The zero-order chi connectivity index (χ0) is 13.3. The van der Waals surface area contributed by atoms with Gasteiger partial charge >= 0.3 is 0 Å². The normalized spacial score (nSPS) is 23.3. The summed E-state index contributed by atoms with van der Waals surface area (Å²) >= 11 is 0. The highest BCUT2D eigenvalue weighted by molar-refractivity contribution is 7.90. The van der Waals surface area contributed by atoms with Gasteiger partial charge in [-0.3, -0.25) is 0 Å². The van der Waals surface area contributed by atoms with Crippen LogP contribution < -0.4 is 9.46 Å². The molecule has 0 aromatic heterocycles. The van der Waals surface area contributed by atoms with Crippen LogP contribution in [-0.4, -0.2) is 26.8 Å². The molecule has 1 aliphatic heterocycles. The molecule has 5 heteroatoms. The van der Waals surface area contributed by atoms with E-state index in [1.165, 1.54) is 5.56 Å². The molecular formula is C14H19NO3S. The second-order valence-electron chi connectivity index (χ2n) is 5.41. The predicted octanol–water partition coefficient (Wildman–Crippen LogP) is 1.71. The van der Waals surface area contributed by atoms with Crippen molar-refractivity contribution in [3.8, 4) is 5.75 Å². The van der Waals surface area contributed by atoms with Gasteiger partial charge in [0.15, 0.2) is 0 Å². The number of hydrogen-bond acceptors (Lipinski definition) is 3. The Morgan fingerprint density at radius 3 is 2.79 bits per heavy atom. The summed E-state index contributed by atoms with van der Waals surface area (Å²) < 4.78 is 32.1. The Kier molecular flexibility index (Phi) is 3.50. The molecule has 0 bridgehead atoms. The Morgan fingerprint density at radius 1 is 1.21 bits per heavy atom. The smallest absolute Gasteiger partial charge is 0.214 e. The number of benzene rings is 1. The number of para-hydroxylation sites is 1. The summed E-state index contributed by atoms with van der Waals surface area (Å²) in [6, 6.07) is 8.00. The first-order valence-electron chi connectivity index (χ1n) is 6.84. The first-order valence-corrected chi connectivity index (χ1v) is 8.39. The molecule has 104 valence electrons. The van der Waals surface area contributed by atoms with Crippen LogP contribution in [0.3, 0.4) is 0 Å². The molecule has 19 heavy (non-hydrogen) atoms. The van der Waals surface area contributed by atoms with Gasteiger partial charge < -0.3 is 4.74 Å². The molecule has 0 saturated heterocycles. The number of sulfonamides is 1. The lowest BCUT2D eigenvalue weighted by Gasteiger charge is -2.14. The Bertz CT molecular complexity index is 552. The molecule has 0 radical (unpaired) electrons. The second kappa shape index (κ2) is 5.13. The van der Waals surface area contributed by atoms with Gasteiger partial charge in [0.05, 0.1) is 11.9 Å². The Morgan fingerprint density at radius 2 is 2.00 bits per heavy atom. The fraction of sp³-hybridized carbons (Fsp3) is 0.571. The van der Waals surface area contributed by atoms with Crippen LogP contribution in [0.1, 0.15) is 24.8 Å². The Labute approximate surface area is 114 Å². The van der Waals surface area contributed by atoms with Crippen molar-refractivity contribution in [2.24, 2.45) is 5.92 Å². The topological polar surface area (TPSA) is 55.4 Å². The van der Waals surface area contributed by atoms with Gasteiger partial charge in [-0.05, 0) is 43.2 Å². The minimum Gasteiger partial charge on any atom is -0.493 e. The molecule has 3 rings (SSSR count). The highest BCUT2D eigenvalue weighted by Crippen LogP contribution is 2.29. The molecule has 1 unspecified atom stereocenters. The molecule has 1 saturated carbocycles. The van der Waals surface area contributed by atoms with Gasteiger partial charge in [0.1, 0.15) is 5.75 Å². The van der Waals surface area contributed by atoms with E-state index in [1.54, 1.807) is 0 Å². The standard InChI is InChI=1S/C14H19NO3S/c16-19(17,13-5-6-13)15-10-11-7-8-18-14-4-2-1-3-12(14)9-11/h1-4,11,13,15H,5-10H2. The van der Waals surface area contributed by atoms with Crippen molar-refractivity contribution in [2.75, 3.05) is 13.2 Å². The van der Waals surface area contributed by atoms with E-state index in [1.807, 2.05) is 18.2 Å². The van der Waals surface area contributed by atoms with Gasteiger partial charge in [-0.1, -0.05) is 18.2 Å². The average molecular weight is 281 g/mol. The van der Waals surface area contributed by atoms with Gasteiger partial charge in [0, 0.05) is 6.54 Å². The molecule has 0 amide bonds. The predicted molar refractivity (Wildman–Crippen MR) is 73.7 cm³/mol.